The monoisotopic (exact) mass is 279 g/mol. The number of nitrogens with one attached hydrogen (secondary N) is 1. The molecule has 1 aromatic heterocycles. The van der Waals surface area contributed by atoms with E-state index in [2.05, 4.69) is 46.6 Å². The average molecular weight is 279 g/mol. The Labute approximate surface area is 119 Å². The van der Waals surface area contributed by atoms with E-state index in [0.717, 1.165) is 36.5 Å². The Balaban J connectivity index is 2.14. The van der Waals surface area contributed by atoms with Crippen LogP contribution >= 0.6 is 12.2 Å². The Bertz CT molecular complexity index is 602. The maximum atomic E-state index is 5.40. The molecule has 0 unspecified atom stereocenters. The minimum absolute atomic E-state index is 0.759. The molecular formula is C14H21N3OS. The van der Waals surface area contributed by atoms with Gasteiger partial charge in [0.2, 0.25) is 0 Å². The first-order valence-corrected chi connectivity index (χ1v) is 6.89. The molecule has 0 atom stereocenters. The van der Waals surface area contributed by atoms with Gasteiger partial charge in [0, 0.05) is 26.7 Å². The van der Waals surface area contributed by atoms with Crippen LogP contribution in [0.5, 0.6) is 0 Å². The number of H-pyrrole nitrogens is 1. The van der Waals surface area contributed by atoms with Gasteiger partial charge < -0.3 is 19.2 Å². The predicted octanol–water partition coefficient (Wildman–Crippen LogP) is 2.59. The van der Waals surface area contributed by atoms with Gasteiger partial charge in [0.25, 0.3) is 0 Å². The third kappa shape index (κ3) is 3.43. The summed E-state index contributed by atoms with van der Waals surface area (Å²) in [6.45, 7) is 5.64. The van der Waals surface area contributed by atoms with Crippen LogP contribution in [-0.4, -0.2) is 48.3 Å². The lowest BCUT2D eigenvalue weighted by molar-refractivity contribution is 0.159. The summed E-state index contributed by atoms with van der Waals surface area (Å²) in [6, 6.07) is 6.37. The van der Waals surface area contributed by atoms with Crippen molar-refractivity contribution in [1.82, 2.24) is 14.5 Å². The Morgan fingerprint density at radius 1 is 1.37 bits per heavy atom. The number of aromatic amines is 1. The second-order valence-corrected chi connectivity index (χ2v) is 5.29. The number of methoxy groups -OCH3 is 1. The number of nitrogens with zero attached hydrogens (tertiary/aromatic N) is 2. The zero-order valence-corrected chi connectivity index (χ0v) is 12.6. The van der Waals surface area contributed by atoms with E-state index in [4.69, 9.17) is 17.0 Å². The van der Waals surface area contributed by atoms with E-state index in [-0.39, 0.29) is 0 Å². The van der Waals surface area contributed by atoms with Crippen molar-refractivity contribution < 1.29 is 4.74 Å². The summed E-state index contributed by atoms with van der Waals surface area (Å²) in [6.07, 6.45) is 0. The molecule has 0 radical (unpaired) electrons. The fourth-order valence-electron chi connectivity index (χ4n) is 2.11. The first-order valence-electron chi connectivity index (χ1n) is 6.48. The number of hydrogen-bond acceptors (Lipinski definition) is 3. The van der Waals surface area contributed by atoms with Crippen molar-refractivity contribution in [2.24, 2.45) is 0 Å². The SMILES string of the molecule is COCCN(C)CCn1c(=S)[nH]c2ccc(C)cc21. The van der Waals surface area contributed by atoms with Crippen LogP contribution in [-0.2, 0) is 11.3 Å². The second kappa shape index (κ2) is 6.32. The summed E-state index contributed by atoms with van der Waals surface area (Å²) < 4.78 is 8.04. The maximum Gasteiger partial charge on any atom is 0.178 e. The lowest BCUT2D eigenvalue weighted by atomic mass is 10.2. The molecule has 0 aliphatic heterocycles. The van der Waals surface area contributed by atoms with E-state index < -0.39 is 0 Å². The lowest BCUT2D eigenvalue weighted by Gasteiger charge is -2.16. The van der Waals surface area contributed by atoms with Crippen molar-refractivity contribution in [1.29, 1.82) is 0 Å². The van der Waals surface area contributed by atoms with Gasteiger partial charge in [-0.1, -0.05) is 6.07 Å². The largest absolute Gasteiger partial charge is 0.383 e. The van der Waals surface area contributed by atoms with Gasteiger partial charge in [-0.05, 0) is 43.9 Å². The molecule has 0 amide bonds. The fraction of sp³-hybridized carbons (Fsp3) is 0.500. The smallest absolute Gasteiger partial charge is 0.178 e. The van der Waals surface area contributed by atoms with Gasteiger partial charge in [-0.15, -0.1) is 0 Å². The highest BCUT2D eigenvalue weighted by Gasteiger charge is 2.05. The molecule has 2 aromatic rings. The second-order valence-electron chi connectivity index (χ2n) is 4.90. The molecule has 0 fully saturated rings. The van der Waals surface area contributed by atoms with Gasteiger partial charge in [-0.2, -0.15) is 0 Å². The number of imidazole rings is 1. The van der Waals surface area contributed by atoms with Gasteiger partial charge in [0.15, 0.2) is 4.77 Å². The number of hydrogen-bond donors (Lipinski definition) is 1. The quantitative estimate of drug-likeness (QED) is 0.825. The third-order valence-electron chi connectivity index (χ3n) is 3.31. The van der Waals surface area contributed by atoms with Gasteiger partial charge in [0.1, 0.15) is 0 Å². The molecule has 0 spiro atoms. The molecule has 0 aliphatic rings. The standard InChI is InChI=1S/C14H21N3OS/c1-11-4-5-12-13(10-11)17(14(19)15-12)7-6-16(2)8-9-18-3/h4-5,10H,6-9H2,1-3H3,(H,15,19). The van der Waals surface area contributed by atoms with Crippen LogP contribution in [0.3, 0.4) is 0 Å². The van der Waals surface area contributed by atoms with E-state index in [9.17, 15) is 0 Å². The Kier molecular flexibility index (Phi) is 4.74. The molecule has 1 aromatic carbocycles. The van der Waals surface area contributed by atoms with Gasteiger partial charge >= 0.3 is 0 Å². The van der Waals surface area contributed by atoms with Crippen molar-refractivity contribution in [2.45, 2.75) is 13.5 Å². The van der Waals surface area contributed by atoms with Crippen molar-refractivity contribution in [3.05, 3.63) is 28.5 Å². The van der Waals surface area contributed by atoms with Crippen LogP contribution in [0, 0.1) is 11.7 Å². The Hall–Kier alpha value is -1.17. The molecule has 2 rings (SSSR count). The van der Waals surface area contributed by atoms with Gasteiger partial charge in [-0.25, -0.2) is 0 Å². The summed E-state index contributed by atoms with van der Waals surface area (Å²) >= 11 is 5.40. The van der Waals surface area contributed by atoms with Crippen molar-refractivity contribution in [2.75, 3.05) is 33.9 Å². The minimum atomic E-state index is 0.759. The molecule has 19 heavy (non-hydrogen) atoms. The predicted molar refractivity (Wildman–Crippen MR) is 81.2 cm³/mol. The molecular weight excluding hydrogens is 258 g/mol. The number of likely N-dealkylation sites (N-methyl/N-ethyl adjacent to an activating group) is 1. The zero-order valence-electron chi connectivity index (χ0n) is 11.8. The van der Waals surface area contributed by atoms with Crippen molar-refractivity contribution in [3.63, 3.8) is 0 Å². The molecule has 1 N–H and O–H groups in total. The van der Waals surface area contributed by atoms with Crippen LogP contribution in [0.2, 0.25) is 0 Å². The minimum Gasteiger partial charge on any atom is -0.383 e. The van der Waals surface area contributed by atoms with E-state index >= 15 is 0 Å². The van der Waals surface area contributed by atoms with E-state index in [1.165, 1.54) is 11.1 Å². The molecule has 0 saturated carbocycles. The number of aryl methyl sites for hydroxylation is 1. The van der Waals surface area contributed by atoms with Crippen LogP contribution in [0.25, 0.3) is 11.0 Å². The maximum absolute atomic E-state index is 5.40. The van der Waals surface area contributed by atoms with E-state index in [1.807, 2.05) is 0 Å². The molecule has 0 aliphatic carbocycles. The number of fused-ring (bicyclic) bond motifs is 1. The van der Waals surface area contributed by atoms with Crippen LogP contribution in [0.4, 0.5) is 0 Å². The van der Waals surface area contributed by atoms with E-state index in [0.29, 0.717) is 0 Å². The topological polar surface area (TPSA) is 33.2 Å². The average Bonchev–Trinajstić information content (AvgIpc) is 2.69. The fourth-order valence-corrected chi connectivity index (χ4v) is 2.41. The van der Waals surface area contributed by atoms with Gasteiger partial charge in [-0.3, -0.25) is 0 Å². The zero-order chi connectivity index (χ0) is 13.8. The summed E-state index contributed by atoms with van der Waals surface area (Å²) in [5.41, 5.74) is 3.54. The van der Waals surface area contributed by atoms with E-state index in [1.54, 1.807) is 7.11 Å². The number of ether oxygens (including phenoxy) is 1. The summed E-state index contributed by atoms with van der Waals surface area (Å²) in [5.74, 6) is 0. The molecule has 0 bridgehead atoms. The number of aromatic nitrogens is 2. The molecule has 0 saturated heterocycles. The summed E-state index contributed by atoms with van der Waals surface area (Å²) in [4.78, 5) is 5.51. The first-order chi connectivity index (χ1) is 9.11. The Morgan fingerprint density at radius 3 is 2.89 bits per heavy atom. The van der Waals surface area contributed by atoms with Crippen LogP contribution < -0.4 is 0 Å². The molecule has 1 heterocycles. The highest BCUT2D eigenvalue weighted by Crippen LogP contribution is 2.15. The van der Waals surface area contributed by atoms with Crippen molar-refractivity contribution in [3.8, 4) is 0 Å². The molecule has 5 heteroatoms. The first kappa shape index (κ1) is 14.2. The normalized spacial score (nSPS) is 11.6. The molecule has 104 valence electrons. The number of rotatable bonds is 6. The lowest BCUT2D eigenvalue weighted by Crippen LogP contribution is -2.26. The van der Waals surface area contributed by atoms with Crippen LogP contribution in [0.1, 0.15) is 5.56 Å². The van der Waals surface area contributed by atoms with Crippen molar-refractivity contribution >= 4 is 23.3 Å². The summed E-state index contributed by atoms with van der Waals surface area (Å²) in [5, 5.41) is 0. The summed E-state index contributed by atoms with van der Waals surface area (Å²) in [7, 11) is 3.83. The van der Waals surface area contributed by atoms with Gasteiger partial charge in [0.05, 0.1) is 17.6 Å². The molecule has 4 nitrogen and oxygen atoms in total. The third-order valence-corrected chi connectivity index (χ3v) is 3.64. The Morgan fingerprint density at radius 2 is 2.16 bits per heavy atom. The number of benzene rings is 1. The highest BCUT2D eigenvalue weighted by molar-refractivity contribution is 7.71. The highest BCUT2D eigenvalue weighted by atomic mass is 32.1. The van der Waals surface area contributed by atoms with Crippen LogP contribution in [0.15, 0.2) is 18.2 Å².